The van der Waals surface area contributed by atoms with Crippen LogP contribution in [0, 0.1) is 23.7 Å². The number of carbonyl (C=O) groups excluding carboxylic acids is 3. The number of hydrogen-bond acceptors (Lipinski definition) is 7. The molecular formula is C39H68N6O3. The topological polar surface area (TPSA) is 115 Å². The lowest BCUT2D eigenvalue weighted by atomic mass is 9.94. The van der Waals surface area contributed by atoms with Crippen molar-refractivity contribution in [2.75, 3.05) is 26.2 Å². The molecule has 0 aromatic rings. The molecule has 5 atom stereocenters. The van der Waals surface area contributed by atoms with Crippen LogP contribution in [0.15, 0.2) is 61.3 Å². The van der Waals surface area contributed by atoms with Crippen LogP contribution in [-0.2, 0) is 14.4 Å². The predicted molar refractivity (Wildman–Crippen MR) is 201 cm³/mol. The first kappa shape index (κ1) is 42.5. The van der Waals surface area contributed by atoms with Crippen LogP contribution in [0.1, 0.15) is 100 Å². The molecule has 9 nitrogen and oxygen atoms in total. The molecule has 1 fully saturated rings. The summed E-state index contributed by atoms with van der Waals surface area (Å²) in [5.41, 5.74) is 4.23. The average Bonchev–Trinajstić information content (AvgIpc) is 3.50. The van der Waals surface area contributed by atoms with Crippen LogP contribution in [0.5, 0.6) is 0 Å². The molecule has 1 aliphatic rings. The molecule has 1 rings (SSSR count). The number of ketones is 1. The Balaban J connectivity index is 2.80. The van der Waals surface area contributed by atoms with Gasteiger partial charge in [-0.2, -0.15) is 0 Å². The van der Waals surface area contributed by atoms with Gasteiger partial charge in [0.2, 0.25) is 11.8 Å². The summed E-state index contributed by atoms with van der Waals surface area (Å²) >= 11 is 0. The SMILES string of the molecule is C=C(C)CNC(=O)C(NC(=C)C(CC(C)C)NC(=C)CNC(=O)C(CNC(=C)C1CCCN1C(=C)CCCC(C)=O)C(C)C)C(C)CC. The molecule has 0 aliphatic carbocycles. The Morgan fingerprint density at radius 2 is 1.50 bits per heavy atom. The Labute approximate surface area is 292 Å². The Morgan fingerprint density at radius 1 is 0.854 bits per heavy atom. The number of carbonyl (C=O) groups is 3. The van der Waals surface area contributed by atoms with Crippen LogP contribution in [-0.4, -0.2) is 66.8 Å². The summed E-state index contributed by atoms with van der Waals surface area (Å²) in [6, 6.07) is -0.472. The zero-order valence-corrected chi connectivity index (χ0v) is 31.5. The van der Waals surface area contributed by atoms with Gasteiger partial charge < -0.3 is 36.3 Å². The van der Waals surface area contributed by atoms with Gasteiger partial charge in [-0.3, -0.25) is 9.59 Å². The number of hydrogen-bond donors (Lipinski definition) is 5. The maximum absolute atomic E-state index is 13.4. The van der Waals surface area contributed by atoms with Crippen molar-refractivity contribution in [3.05, 3.63) is 61.3 Å². The predicted octanol–water partition coefficient (Wildman–Crippen LogP) is 5.94. The minimum atomic E-state index is -0.429. The van der Waals surface area contributed by atoms with Crippen molar-refractivity contribution >= 4 is 17.6 Å². The van der Waals surface area contributed by atoms with Crippen LogP contribution in [0.3, 0.4) is 0 Å². The molecule has 272 valence electrons. The van der Waals surface area contributed by atoms with Crippen molar-refractivity contribution in [1.29, 1.82) is 0 Å². The van der Waals surface area contributed by atoms with E-state index in [4.69, 9.17) is 0 Å². The number of allylic oxidation sites excluding steroid dienone is 1. The van der Waals surface area contributed by atoms with Crippen LogP contribution in [0.4, 0.5) is 0 Å². The third-order valence-electron chi connectivity index (χ3n) is 9.13. The number of rotatable bonds is 25. The second kappa shape index (κ2) is 21.5. The van der Waals surface area contributed by atoms with Crippen molar-refractivity contribution in [3.63, 3.8) is 0 Å². The second-order valence-electron chi connectivity index (χ2n) is 14.6. The van der Waals surface area contributed by atoms with E-state index in [9.17, 15) is 14.4 Å². The van der Waals surface area contributed by atoms with Gasteiger partial charge in [0.05, 0.1) is 24.5 Å². The highest BCUT2D eigenvalue weighted by molar-refractivity contribution is 5.82. The third-order valence-corrected chi connectivity index (χ3v) is 9.13. The molecular weight excluding hydrogens is 600 g/mol. The van der Waals surface area contributed by atoms with E-state index in [2.05, 4.69) is 106 Å². The highest BCUT2D eigenvalue weighted by atomic mass is 16.2. The van der Waals surface area contributed by atoms with E-state index < -0.39 is 6.04 Å². The van der Waals surface area contributed by atoms with Gasteiger partial charge in [0.15, 0.2) is 0 Å². The summed E-state index contributed by atoms with van der Waals surface area (Å²) in [5, 5.41) is 16.4. The van der Waals surface area contributed by atoms with Gasteiger partial charge in [-0.1, -0.05) is 86.4 Å². The molecule has 5 N–H and O–H groups in total. The van der Waals surface area contributed by atoms with Crippen molar-refractivity contribution in [1.82, 2.24) is 31.5 Å². The van der Waals surface area contributed by atoms with Gasteiger partial charge in [-0.15, -0.1) is 0 Å². The molecule has 9 heteroatoms. The smallest absolute Gasteiger partial charge is 0.243 e. The molecule has 1 heterocycles. The van der Waals surface area contributed by atoms with Crippen LogP contribution in [0.2, 0.25) is 0 Å². The Morgan fingerprint density at radius 3 is 2.06 bits per heavy atom. The third kappa shape index (κ3) is 15.2. The standard InChI is InChI=1S/C39H68N6O3/c1-14-28(8)37(39(48)41-22-26(4)5)44-32(12)35(21-25(2)3)43-29(9)23-42-38(47)34(27(6)7)24-40-33(13)36-19-16-20-45(36)30(10)17-15-18-31(11)46/h25,27-28,34-37,40,43-44H,4,9-10,12-24H2,1-3,5-8,11H3,(H,41,48)(H,42,47). The normalized spacial score (nSPS) is 16.8. The molecule has 48 heavy (non-hydrogen) atoms. The number of nitrogens with one attached hydrogen (secondary N) is 5. The van der Waals surface area contributed by atoms with E-state index in [-0.39, 0.29) is 54.0 Å². The van der Waals surface area contributed by atoms with Crippen molar-refractivity contribution in [3.8, 4) is 0 Å². The fourth-order valence-corrected chi connectivity index (χ4v) is 5.91. The highest BCUT2D eigenvalue weighted by Crippen LogP contribution is 2.28. The lowest BCUT2D eigenvalue weighted by molar-refractivity contribution is -0.126. The Hall–Kier alpha value is -3.49. The Bertz CT molecular complexity index is 1140. The van der Waals surface area contributed by atoms with Gasteiger partial charge >= 0.3 is 0 Å². The molecule has 5 unspecified atom stereocenters. The summed E-state index contributed by atoms with van der Waals surface area (Å²) in [6.07, 6.45) is 5.83. The summed E-state index contributed by atoms with van der Waals surface area (Å²) in [5.74, 6) is 0.385. The average molecular weight is 669 g/mol. The Kier molecular flexibility index (Phi) is 19.0. The minimum Gasteiger partial charge on any atom is -0.386 e. The lowest BCUT2D eigenvalue weighted by Gasteiger charge is -2.32. The molecule has 0 aromatic carbocycles. The lowest BCUT2D eigenvalue weighted by Crippen LogP contribution is -2.51. The zero-order chi connectivity index (χ0) is 36.6. The van der Waals surface area contributed by atoms with Crippen molar-refractivity contribution < 1.29 is 14.4 Å². The van der Waals surface area contributed by atoms with E-state index in [0.29, 0.717) is 31.1 Å². The van der Waals surface area contributed by atoms with E-state index >= 15 is 0 Å². The maximum Gasteiger partial charge on any atom is 0.243 e. The van der Waals surface area contributed by atoms with Crippen molar-refractivity contribution in [2.24, 2.45) is 23.7 Å². The van der Waals surface area contributed by atoms with Gasteiger partial charge in [0.25, 0.3) is 0 Å². The molecule has 2 amide bonds. The molecule has 0 radical (unpaired) electrons. The summed E-state index contributed by atoms with van der Waals surface area (Å²) in [4.78, 5) is 40.1. The molecule has 1 aliphatic heterocycles. The van der Waals surface area contributed by atoms with Crippen LogP contribution in [0.25, 0.3) is 0 Å². The van der Waals surface area contributed by atoms with Gasteiger partial charge in [-0.25, -0.2) is 0 Å². The first-order chi connectivity index (χ1) is 22.5. The van der Waals surface area contributed by atoms with Gasteiger partial charge in [0.1, 0.15) is 11.8 Å². The fourth-order valence-electron chi connectivity index (χ4n) is 5.91. The number of amides is 2. The summed E-state index contributed by atoms with van der Waals surface area (Å²) in [7, 11) is 0. The van der Waals surface area contributed by atoms with E-state index in [1.54, 1.807) is 6.92 Å². The molecule has 0 aromatic heterocycles. The first-order valence-corrected chi connectivity index (χ1v) is 17.9. The first-order valence-electron chi connectivity index (χ1n) is 17.9. The number of Topliss-reactive ketones (excluding diaryl/α,β-unsaturated/α-hetero) is 1. The molecule has 0 bridgehead atoms. The number of nitrogens with zero attached hydrogens (tertiary/aromatic N) is 1. The maximum atomic E-state index is 13.4. The molecule has 0 saturated carbocycles. The minimum absolute atomic E-state index is 0.0476. The molecule has 1 saturated heterocycles. The summed E-state index contributed by atoms with van der Waals surface area (Å²) in [6.45, 7) is 39.2. The fraction of sp³-hybridized carbons (Fsp3) is 0.667. The molecule has 0 spiro atoms. The monoisotopic (exact) mass is 669 g/mol. The number of likely N-dealkylation sites (tertiary alicyclic amines) is 1. The van der Waals surface area contributed by atoms with Crippen LogP contribution < -0.4 is 26.6 Å². The van der Waals surface area contributed by atoms with Gasteiger partial charge in [-0.05, 0) is 63.7 Å². The van der Waals surface area contributed by atoms with Crippen LogP contribution >= 0.6 is 0 Å². The largest absolute Gasteiger partial charge is 0.386 e. The van der Waals surface area contributed by atoms with E-state index in [0.717, 1.165) is 67.7 Å². The van der Waals surface area contributed by atoms with Gasteiger partial charge in [0, 0.05) is 48.8 Å². The van der Waals surface area contributed by atoms with Crippen molar-refractivity contribution in [2.45, 2.75) is 118 Å². The quantitative estimate of drug-likeness (QED) is 0.0765. The van der Waals surface area contributed by atoms with E-state index in [1.807, 2.05) is 6.92 Å². The summed E-state index contributed by atoms with van der Waals surface area (Å²) < 4.78 is 0. The highest BCUT2D eigenvalue weighted by Gasteiger charge is 2.30. The van der Waals surface area contributed by atoms with E-state index in [1.165, 1.54) is 0 Å². The zero-order valence-electron chi connectivity index (χ0n) is 31.5. The second-order valence-corrected chi connectivity index (χ2v) is 14.6.